The highest BCUT2D eigenvalue weighted by Crippen LogP contribution is 2.38. The van der Waals surface area contributed by atoms with Crippen LogP contribution in [0.15, 0.2) is 55.1 Å². The molecule has 0 heterocycles. The SMILES string of the molecule is C=CC1CCC(c2ccc(C3CCc4cc(CCCC)ccc4C3)cc2)CC1. The quantitative estimate of drug-likeness (QED) is 0.454. The first kappa shape index (κ1) is 19.5. The van der Waals surface area contributed by atoms with Crippen LogP contribution in [0, 0.1) is 5.92 Å². The summed E-state index contributed by atoms with van der Waals surface area (Å²) in [5.74, 6) is 2.21. The predicted molar refractivity (Wildman–Crippen MR) is 121 cm³/mol. The molecule has 0 N–H and O–H groups in total. The van der Waals surface area contributed by atoms with Gasteiger partial charge >= 0.3 is 0 Å². The summed E-state index contributed by atoms with van der Waals surface area (Å²) in [6.45, 7) is 6.26. The van der Waals surface area contributed by atoms with Gasteiger partial charge in [0.2, 0.25) is 0 Å². The van der Waals surface area contributed by atoms with Gasteiger partial charge in [-0.3, -0.25) is 0 Å². The van der Waals surface area contributed by atoms with Crippen LogP contribution >= 0.6 is 0 Å². The third-order valence-electron chi connectivity index (χ3n) is 7.30. The fourth-order valence-corrected chi connectivity index (χ4v) is 5.36. The number of aryl methyl sites for hydroxylation is 2. The number of allylic oxidation sites excluding steroid dienone is 1. The molecule has 0 nitrogen and oxygen atoms in total. The predicted octanol–water partition coefficient (Wildman–Crippen LogP) is 7.76. The molecule has 0 amide bonds. The van der Waals surface area contributed by atoms with Crippen LogP contribution in [-0.4, -0.2) is 0 Å². The molecule has 1 unspecified atom stereocenters. The van der Waals surface area contributed by atoms with E-state index in [2.05, 4.69) is 62.0 Å². The molecule has 0 bridgehead atoms. The summed E-state index contributed by atoms with van der Waals surface area (Å²) in [6.07, 6.45) is 15.0. The van der Waals surface area contributed by atoms with E-state index in [1.807, 2.05) is 0 Å². The minimum Gasteiger partial charge on any atom is -0.103 e. The Kier molecular flexibility index (Phi) is 6.35. The van der Waals surface area contributed by atoms with Crippen molar-refractivity contribution in [3.8, 4) is 0 Å². The van der Waals surface area contributed by atoms with Gasteiger partial charge < -0.3 is 0 Å². The normalized spacial score (nSPS) is 24.5. The summed E-state index contributed by atoms with van der Waals surface area (Å²) in [6, 6.07) is 17.0. The smallest absolute Gasteiger partial charge is 0.0118 e. The fourth-order valence-electron chi connectivity index (χ4n) is 5.36. The largest absolute Gasteiger partial charge is 0.103 e. The van der Waals surface area contributed by atoms with Crippen LogP contribution in [0.5, 0.6) is 0 Å². The third kappa shape index (κ3) is 4.43. The maximum absolute atomic E-state index is 3.98. The zero-order chi connectivity index (χ0) is 19.3. The lowest BCUT2D eigenvalue weighted by molar-refractivity contribution is 0.376. The van der Waals surface area contributed by atoms with Gasteiger partial charge in [-0.2, -0.15) is 0 Å². The number of fused-ring (bicyclic) bond motifs is 1. The van der Waals surface area contributed by atoms with Crippen LogP contribution in [0.25, 0.3) is 0 Å². The summed E-state index contributed by atoms with van der Waals surface area (Å²) in [7, 11) is 0. The highest BCUT2D eigenvalue weighted by atomic mass is 14.3. The average molecular weight is 373 g/mol. The van der Waals surface area contributed by atoms with Crippen molar-refractivity contribution >= 4 is 0 Å². The van der Waals surface area contributed by atoms with E-state index in [0.717, 1.165) is 11.8 Å². The Balaban J connectivity index is 1.40. The van der Waals surface area contributed by atoms with Gasteiger partial charge in [-0.25, -0.2) is 0 Å². The second-order valence-electron chi connectivity index (χ2n) is 9.16. The van der Waals surface area contributed by atoms with Gasteiger partial charge in [0.1, 0.15) is 0 Å². The molecule has 0 aliphatic heterocycles. The van der Waals surface area contributed by atoms with E-state index in [1.54, 1.807) is 22.3 Å². The highest BCUT2D eigenvalue weighted by Gasteiger charge is 2.23. The molecule has 1 fully saturated rings. The van der Waals surface area contributed by atoms with E-state index in [-0.39, 0.29) is 0 Å². The second kappa shape index (κ2) is 9.12. The summed E-state index contributed by atoms with van der Waals surface area (Å²) in [4.78, 5) is 0. The molecule has 0 radical (unpaired) electrons. The zero-order valence-corrected chi connectivity index (χ0v) is 17.6. The molecule has 1 atom stereocenters. The number of unbranched alkanes of at least 4 members (excludes halogenated alkanes) is 1. The van der Waals surface area contributed by atoms with Gasteiger partial charge in [0.05, 0.1) is 0 Å². The summed E-state index contributed by atoms with van der Waals surface area (Å²) >= 11 is 0. The lowest BCUT2D eigenvalue weighted by Crippen LogP contribution is -2.14. The number of hydrogen-bond donors (Lipinski definition) is 0. The lowest BCUT2D eigenvalue weighted by Gasteiger charge is -2.28. The van der Waals surface area contributed by atoms with Crippen LogP contribution in [0.2, 0.25) is 0 Å². The number of benzene rings is 2. The van der Waals surface area contributed by atoms with E-state index in [1.165, 1.54) is 69.8 Å². The third-order valence-corrected chi connectivity index (χ3v) is 7.30. The van der Waals surface area contributed by atoms with Crippen molar-refractivity contribution in [3.05, 3.63) is 82.9 Å². The zero-order valence-electron chi connectivity index (χ0n) is 17.6. The van der Waals surface area contributed by atoms with Gasteiger partial charge in [0.25, 0.3) is 0 Å². The van der Waals surface area contributed by atoms with Gasteiger partial charge in [-0.15, -0.1) is 6.58 Å². The molecular formula is C28H36. The van der Waals surface area contributed by atoms with Crippen molar-refractivity contribution in [2.24, 2.45) is 5.92 Å². The number of rotatable bonds is 6. The fraction of sp³-hybridized carbons (Fsp3) is 0.500. The van der Waals surface area contributed by atoms with Crippen LogP contribution in [-0.2, 0) is 19.3 Å². The van der Waals surface area contributed by atoms with Crippen LogP contribution in [0.3, 0.4) is 0 Å². The molecule has 4 rings (SSSR count). The Morgan fingerprint density at radius 1 is 0.857 bits per heavy atom. The average Bonchev–Trinajstić information content (AvgIpc) is 2.77. The van der Waals surface area contributed by atoms with Crippen molar-refractivity contribution in [2.75, 3.05) is 0 Å². The minimum atomic E-state index is 0.694. The Labute approximate surface area is 172 Å². The monoisotopic (exact) mass is 372 g/mol. The van der Waals surface area contributed by atoms with Crippen LogP contribution < -0.4 is 0 Å². The highest BCUT2D eigenvalue weighted by molar-refractivity contribution is 5.38. The lowest BCUT2D eigenvalue weighted by atomic mass is 9.77. The standard InChI is InChI=1S/C28H36/c1-3-5-6-22-9-12-28-20-27(18-17-26(28)19-22)25-15-13-24(14-16-25)23-10-7-21(4-2)8-11-23/h4,9,12-16,19,21,23,27H,2-3,5-8,10-11,17-18,20H2,1H3. The Morgan fingerprint density at radius 3 is 2.25 bits per heavy atom. The molecule has 2 aromatic carbocycles. The van der Waals surface area contributed by atoms with Crippen molar-refractivity contribution < 1.29 is 0 Å². The maximum Gasteiger partial charge on any atom is -0.0118 e. The summed E-state index contributed by atoms with van der Waals surface area (Å²) in [5, 5.41) is 0. The molecule has 2 aliphatic rings. The summed E-state index contributed by atoms with van der Waals surface area (Å²) in [5.41, 5.74) is 7.84. The van der Waals surface area contributed by atoms with Crippen molar-refractivity contribution in [2.45, 2.75) is 83.0 Å². The first-order valence-corrected chi connectivity index (χ1v) is 11.6. The van der Waals surface area contributed by atoms with Gasteiger partial charge in [0.15, 0.2) is 0 Å². The van der Waals surface area contributed by atoms with Gasteiger partial charge in [-0.1, -0.05) is 61.9 Å². The molecule has 2 aromatic rings. The minimum absolute atomic E-state index is 0.694. The molecule has 2 aliphatic carbocycles. The van der Waals surface area contributed by atoms with E-state index >= 15 is 0 Å². The van der Waals surface area contributed by atoms with Gasteiger partial charge in [-0.05, 0) is 103 Å². The van der Waals surface area contributed by atoms with Gasteiger partial charge in [0, 0.05) is 0 Å². The molecule has 0 saturated heterocycles. The topological polar surface area (TPSA) is 0 Å². The molecule has 0 spiro atoms. The van der Waals surface area contributed by atoms with E-state index in [4.69, 9.17) is 0 Å². The van der Waals surface area contributed by atoms with Crippen LogP contribution in [0.1, 0.15) is 91.5 Å². The Morgan fingerprint density at radius 2 is 1.57 bits per heavy atom. The molecule has 1 saturated carbocycles. The van der Waals surface area contributed by atoms with E-state index in [9.17, 15) is 0 Å². The van der Waals surface area contributed by atoms with Crippen LogP contribution in [0.4, 0.5) is 0 Å². The summed E-state index contributed by atoms with van der Waals surface area (Å²) < 4.78 is 0. The molecule has 0 aromatic heterocycles. The van der Waals surface area contributed by atoms with Crippen molar-refractivity contribution in [1.29, 1.82) is 0 Å². The molecule has 28 heavy (non-hydrogen) atoms. The van der Waals surface area contributed by atoms with Crippen molar-refractivity contribution in [3.63, 3.8) is 0 Å². The van der Waals surface area contributed by atoms with E-state index in [0.29, 0.717) is 5.92 Å². The van der Waals surface area contributed by atoms with E-state index < -0.39 is 0 Å². The molecule has 148 valence electrons. The molecule has 0 heteroatoms. The molecular weight excluding hydrogens is 336 g/mol. The van der Waals surface area contributed by atoms with Crippen molar-refractivity contribution in [1.82, 2.24) is 0 Å². The first-order valence-electron chi connectivity index (χ1n) is 11.6. The Bertz CT molecular complexity index is 774. The number of hydrogen-bond acceptors (Lipinski definition) is 0. The Hall–Kier alpha value is -1.82. The maximum atomic E-state index is 3.98. The second-order valence-corrected chi connectivity index (χ2v) is 9.16. The first-order chi connectivity index (χ1) is 13.8.